The molecule has 8 nitrogen and oxygen atoms in total. The highest BCUT2D eigenvalue weighted by Crippen LogP contribution is 2.38. The molecule has 2 aliphatic heterocycles. The maximum atomic E-state index is 12.5. The number of Topliss-reactive ketones (excluding diaryl/α,β-unsaturated/α-hetero) is 1. The highest BCUT2D eigenvalue weighted by molar-refractivity contribution is 6.10. The summed E-state index contributed by atoms with van der Waals surface area (Å²) in [5, 5.41) is 2.61. The summed E-state index contributed by atoms with van der Waals surface area (Å²) in [6.07, 6.45) is 4.82. The monoisotopic (exact) mass is 370 g/mol. The summed E-state index contributed by atoms with van der Waals surface area (Å²) in [6, 6.07) is 3.01. The van der Waals surface area contributed by atoms with Crippen LogP contribution in [0.4, 0.5) is 5.69 Å². The summed E-state index contributed by atoms with van der Waals surface area (Å²) in [5.74, 6) is -1.36. The minimum atomic E-state index is -0.551. The maximum Gasteiger partial charge on any atom is 0.244 e. The van der Waals surface area contributed by atoms with Crippen molar-refractivity contribution >= 4 is 29.2 Å². The molecular weight excluding hydrogens is 352 g/mol. The first kappa shape index (κ1) is 17.3. The Labute approximate surface area is 155 Å². The number of nitrogens with zero attached hydrogens (tertiary/aromatic N) is 1. The van der Waals surface area contributed by atoms with E-state index in [9.17, 15) is 19.2 Å². The van der Waals surface area contributed by atoms with Gasteiger partial charge in [-0.25, -0.2) is 0 Å². The lowest BCUT2D eigenvalue weighted by Crippen LogP contribution is -2.38. The number of imide groups is 1. The van der Waals surface area contributed by atoms with Crippen LogP contribution in [0.5, 0.6) is 11.5 Å². The smallest absolute Gasteiger partial charge is 0.244 e. The van der Waals surface area contributed by atoms with Crippen LogP contribution in [0.3, 0.4) is 0 Å². The van der Waals surface area contributed by atoms with Crippen molar-refractivity contribution in [3.63, 3.8) is 0 Å². The van der Waals surface area contributed by atoms with Crippen LogP contribution in [-0.4, -0.2) is 41.7 Å². The van der Waals surface area contributed by atoms with Crippen molar-refractivity contribution in [2.75, 3.05) is 18.7 Å². The van der Waals surface area contributed by atoms with Crippen molar-refractivity contribution in [3.05, 3.63) is 29.8 Å². The molecule has 0 saturated carbocycles. The van der Waals surface area contributed by atoms with Crippen molar-refractivity contribution < 1.29 is 28.7 Å². The summed E-state index contributed by atoms with van der Waals surface area (Å²) in [4.78, 5) is 50.3. The summed E-state index contributed by atoms with van der Waals surface area (Å²) in [6.45, 7) is 1.03. The standard InChI is InChI=1S/C19H18N2O6/c1-10(22)13-6-15-16(27-9-26-15)7-14(13)20-17(23)8-21-18(24)11-4-2-3-5-12(11)19(21)25/h2-3,6-7,11-12H,4-5,8-9H2,1H3,(H,20,23)/t11-,12-/m0/s1. The van der Waals surface area contributed by atoms with Crippen LogP contribution in [0.2, 0.25) is 0 Å². The molecule has 140 valence electrons. The number of hydrogen-bond acceptors (Lipinski definition) is 6. The highest BCUT2D eigenvalue weighted by atomic mass is 16.7. The second-order valence-corrected chi connectivity index (χ2v) is 6.77. The molecule has 2 heterocycles. The van der Waals surface area contributed by atoms with Gasteiger partial charge in [-0.2, -0.15) is 0 Å². The van der Waals surface area contributed by atoms with Gasteiger partial charge in [0.2, 0.25) is 24.5 Å². The molecule has 3 aliphatic rings. The lowest BCUT2D eigenvalue weighted by molar-refractivity contribution is -0.142. The molecule has 0 unspecified atom stereocenters. The molecule has 1 aromatic rings. The van der Waals surface area contributed by atoms with Crippen LogP contribution in [0.1, 0.15) is 30.1 Å². The van der Waals surface area contributed by atoms with Gasteiger partial charge < -0.3 is 14.8 Å². The molecule has 0 aromatic heterocycles. The molecule has 8 heteroatoms. The number of fused-ring (bicyclic) bond motifs is 2. The van der Waals surface area contributed by atoms with E-state index in [4.69, 9.17) is 9.47 Å². The van der Waals surface area contributed by atoms with E-state index in [2.05, 4.69) is 5.32 Å². The Kier molecular flexibility index (Phi) is 4.18. The zero-order valence-electron chi connectivity index (χ0n) is 14.7. The lowest BCUT2D eigenvalue weighted by atomic mass is 9.85. The molecule has 1 N–H and O–H groups in total. The second-order valence-electron chi connectivity index (χ2n) is 6.77. The fourth-order valence-electron chi connectivity index (χ4n) is 3.69. The Balaban J connectivity index is 1.51. The van der Waals surface area contributed by atoms with Crippen molar-refractivity contribution in [1.82, 2.24) is 4.90 Å². The Hall–Kier alpha value is -3.16. The molecule has 1 aromatic carbocycles. The van der Waals surface area contributed by atoms with E-state index in [1.54, 1.807) is 0 Å². The third-order valence-electron chi connectivity index (χ3n) is 5.07. The Morgan fingerprint density at radius 2 is 1.67 bits per heavy atom. The van der Waals surface area contributed by atoms with Gasteiger partial charge in [-0.3, -0.25) is 24.1 Å². The third kappa shape index (κ3) is 2.97. The van der Waals surface area contributed by atoms with Gasteiger partial charge in [-0.1, -0.05) is 12.2 Å². The number of ether oxygens (including phenoxy) is 2. The summed E-state index contributed by atoms with van der Waals surface area (Å²) >= 11 is 0. The highest BCUT2D eigenvalue weighted by Gasteiger charge is 2.47. The van der Waals surface area contributed by atoms with E-state index in [1.807, 2.05) is 12.2 Å². The van der Waals surface area contributed by atoms with Gasteiger partial charge in [-0.15, -0.1) is 0 Å². The Morgan fingerprint density at radius 1 is 1.07 bits per heavy atom. The number of allylic oxidation sites excluding steroid dienone is 2. The zero-order valence-corrected chi connectivity index (χ0v) is 14.7. The largest absolute Gasteiger partial charge is 0.454 e. The van der Waals surface area contributed by atoms with E-state index >= 15 is 0 Å². The minimum Gasteiger partial charge on any atom is -0.454 e. The van der Waals surface area contributed by atoms with E-state index in [1.165, 1.54) is 19.1 Å². The van der Waals surface area contributed by atoms with E-state index in [0.29, 0.717) is 24.3 Å². The number of carbonyl (C=O) groups is 4. The number of benzene rings is 1. The summed E-state index contributed by atoms with van der Waals surface area (Å²) < 4.78 is 10.5. The van der Waals surface area contributed by atoms with Crippen LogP contribution < -0.4 is 14.8 Å². The first-order valence-corrected chi connectivity index (χ1v) is 8.70. The number of anilines is 1. The van der Waals surface area contributed by atoms with Gasteiger partial charge in [0.15, 0.2) is 17.3 Å². The predicted octanol–water partition coefficient (Wildman–Crippen LogP) is 1.51. The summed E-state index contributed by atoms with van der Waals surface area (Å²) in [7, 11) is 0. The first-order chi connectivity index (χ1) is 13.0. The fraction of sp³-hybridized carbons (Fsp3) is 0.368. The molecule has 4 rings (SSSR count). The van der Waals surface area contributed by atoms with Gasteiger partial charge in [0, 0.05) is 11.6 Å². The predicted molar refractivity (Wildman–Crippen MR) is 93.3 cm³/mol. The van der Waals surface area contributed by atoms with E-state index in [-0.39, 0.29) is 54.0 Å². The topological polar surface area (TPSA) is 102 Å². The van der Waals surface area contributed by atoms with E-state index < -0.39 is 5.91 Å². The molecule has 27 heavy (non-hydrogen) atoms. The fourth-order valence-corrected chi connectivity index (χ4v) is 3.69. The molecule has 1 aliphatic carbocycles. The average molecular weight is 370 g/mol. The summed E-state index contributed by atoms with van der Waals surface area (Å²) in [5.41, 5.74) is 0.527. The maximum absolute atomic E-state index is 12.5. The second kappa shape index (κ2) is 6.53. The number of carbonyl (C=O) groups excluding carboxylic acids is 4. The molecular formula is C19H18N2O6. The zero-order chi connectivity index (χ0) is 19.1. The van der Waals surface area contributed by atoms with Crippen LogP contribution >= 0.6 is 0 Å². The molecule has 0 bridgehead atoms. The average Bonchev–Trinajstić information content (AvgIpc) is 3.19. The quantitative estimate of drug-likeness (QED) is 0.490. The number of rotatable bonds is 4. The number of amides is 3. The third-order valence-corrected chi connectivity index (χ3v) is 5.07. The lowest BCUT2D eigenvalue weighted by Gasteiger charge is -2.16. The number of likely N-dealkylation sites (tertiary alicyclic amines) is 1. The first-order valence-electron chi connectivity index (χ1n) is 8.70. The normalized spacial score (nSPS) is 22.8. The van der Waals surface area contributed by atoms with Crippen molar-refractivity contribution in [2.45, 2.75) is 19.8 Å². The minimum absolute atomic E-state index is 0.0394. The van der Waals surface area contributed by atoms with Gasteiger partial charge in [0.1, 0.15) is 6.54 Å². The van der Waals surface area contributed by atoms with Crippen molar-refractivity contribution in [1.29, 1.82) is 0 Å². The SMILES string of the molecule is CC(=O)c1cc2c(cc1NC(=O)CN1C(=O)[C@H]3CC=CC[C@@H]3C1=O)OCO2. The van der Waals surface area contributed by atoms with Crippen LogP contribution in [-0.2, 0) is 14.4 Å². The Morgan fingerprint density at radius 3 is 2.26 bits per heavy atom. The van der Waals surface area contributed by atoms with Crippen molar-refractivity contribution in [2.24, 2.45) is 11.8 Å². The van der Waals surface area contributed by atoms with E-state index in [0.717, 1.165) is 4.90 Å². The number of hydrogen-bond donors (Lipinski definition) is 1. The molecule has 0 radical (unpaired) electrons. The van der Waals surface area contributed by atoms with Gasteiger partial charge in [-0.05, 0) is 25.8 Å². The molecule has 3 amide bonds. The number of nitrogens with one attached hydrogen (secondary N) is 1. The Bertz CT molecular complexity index is 864. The van der Waals surface area contributed by atoms with Crippen LogP contribution in [0, 0.1) is 11.8 Å². The van der Waals surface area contributed by atoms with Gasteiger partial charge in [0.25, 0.3) is 0 Å². The van der Waals surface area contributed by atoms with Gasteiger partial charge >= 0.3 is 0 Å². The molecule has 2 atom stereocenters. The molecule has 1 saturated heterocycles. The van der Waals surface area contributed by atoms with Gasteiger partial charge in [0.05, 0.1) is 17.5 Å². The molecule has 0 spiro atoms. The molecule has 1 fully saturated rings. The van der Waals surface area contributed by atoms with Crippen LogP contribution in [0.15, 0.2) is 24.3 Å². The van der Waals surface area contributed by atoms with Crippen molar-refractivity contribution in [3.8, 4) is 11.5 Å². The number of ketones is 1. The van der Waals surface area contributed by atoms with Crippen LogP contribution in [0.25, 0.3) is 0 Å².